The molecule has 9 heteroatoms. The lowest BCUT2D eigenvalue weighted by Gasteiger charge is -2.33. The lowest BCUT2D eigenvalue weighted by Crippen LogP contribution is -2.45. The Kier molecular flexibility index (Phi) is 6.25. The molecule has 2 heterocycles. The summed E-state index contributed by atoms with van der Waals surface area (Å²) in [5.41, 5.74) is 0.105. The van der Waals surface area contributed by atoms with Crippen LogP contribution in [0.15, 0.2) is 24.3 Å². The standard InChI is InChI=1S/C20H29BF3NO4/c1-18(2)19(3,4)29-21(28-18)14-5-7-15(8-6-14)27-16-9-11-25(12-10-16)13-17(26)20(22,23)24/h5-8,16-17,26H,9-13H2,1-4H3/t17-/m1/s1. The summed E-state index contributed by atoms with van der Waals surface area (Å²) in [6.45, 7) is 8.55. The van der Waals surface area contributed by atoms with Crippen molar-refractivity contribution in [1.29, 1.82) is 0 Å². The van der Waals surface area contributed by atoms with Gasteiger partial charge in [0.1, 0.15) is 11.9 Å². The number of halogens is 3. The zero-order valence-electron chi connectivity index (χ0n) is 17.3. The maximum Gasteiger partial charge on any atom is 0.494 e. The Hall–Kier alpha value is -1.29. The Morgan fingerprint density at radius 1 is 1.10 bits per heavy atom. The number of nitrogens with zero attached hydrogens (tertiary/aromatic N) is 1. The van der Waals surface area contributed by atoms with E-state index in [0.29, 0.717) is 31.7 Å². The molecule has 0 bridgehead atoms. The van der Waals surface area contributed by atoms with E-state index in [2.05, 4.69) is 0 Å². The number of aliphatic hydroxyl groups excluding tert-OH is 1. The molecule has 2 aliphatic rings. The molecule has 1 atom stereocenters. The normalized spacial score (nSPS) is 23.9. The van der Waals surface area contributed by atoms with E-state index in [1.807, 2.05) is 52.0 Å². The van der Waals surface area contributed by atoms with Gasteiger partial charge in [-0.1, -0.05) is 12.1 Å². The van der Waals surface area contributed by atoms with Crippen LogP contribution in [-0.4, -0.2) is 66.3 Å². The fraction of sp³-hybridized carbons (Fsp3) is 0.700. The van der Waals surface area contributed by atoms with Crippen molar-refractivity contribution in [3.63, 3.8) is 0 Å². The van der Waals surface area contributed by atoms with Gasteiger partial charge in [-0.25, -0.2) is 0 Å². The summed E-state index contributed by atoms with van der Waals surface area (Å²) in [6, 6.07) is 7.54. The molecule has 0 saturated carbocycles. The van der Waals surface area contributed by atoms with Gasteiger partial charge >= 0.3 is 13.3 Å². The van der Waals surface area contributed by atoms with Gasteiger partial charge in [-0.2, -0.15) is 13.2 Å². The van der Waals surface area contributed by atoms with Crippen molar-refractivity contribution in [3.05, 3.63) is 24.3 Å². The second kappa shape index (κ2) is 8.09. The van der Waals surface area contributed by atoms with Crippen molar-refractivity contribution in [3.8, 4) is 5.75 Å². The van der Waals surface area contributed by atoms with Crippen LogP contribution in [-0.2, 0) is 9.31 Å². The van der Waals surface area contributed by atoms with Crippen LogP contribution < -0.4 is 10.2 Å². The van der Waals surface area contributed by atoms with Gasteiger partial charge in [0, 0.05) is 19.6 Å². The molecule has 0 aliphatic carbocycles. The number of alkyl halides is 3. The molecule has 1 aromatic carbocycles. The highest BCUT2D eigenvalue weighted by atomic mass is 19.4. The summed E-state index contributed by atoms with van der Waals surface area (Å²) in [5.74, 6) is 0.707. The summed E-state index contributed by atoms with van der Waals surface area (Å²) in [6.07, 6.45) is -5.71. The smallest absolute Gasteiger partial charge is 0.490 e. The number of β-amino-alcohol motifs (C(OH)–C–C–N with tert-alkyl or cyclic N) is 1. The molecule has 0 aromatic heterocycles. The van der Waals surface area contributed by atoms with Gasteiger partial charge < -0.3 is 24.1 Å². The lowest BCUT2D eigenvalue weighted by molar-refractivity contribution is -0.208. The number of hydrogen-bond acceptors (Lipinski definition) is 5. The molecule has 0 spiro atoms. The monoisotopic (exact) mass is 415 g/mol. The molecule has 2 saturated heterocycles. The molecule has 0 unspecified atom stereocenters. The van der Waals surface area contributed by atoms with Crippen LogP contribution in [0.25, 0.3) is 0 Å². The number of rotatable bonds is 5. The van der Waals surface area contributed by atoms with Gasteiger partial charge in [0.25, 0.3) is 0 Å². The highest BCUT2D eigenvalue weighted by molar-refractivity contribution is 6.62. The first-order valence-electron chi connectivity index (χ1n) is 9.97. The number of benzene rings is 1. The average molecular weight is 415 g/mol. The molecule has 1 aromatic rings. The van der Waals surface area contributed by atoms with Crippen molar-refractivity contribution in [1.82, 2.24) is 4.90 Å². The van der Waals surface area contributed by atoms with E-state index < -0.39 is 30.6 Å². The molecule has 5 nitrogen and oxygen atoms in total. The summed E-state index contributed by atoms with van der Waals surface area (Å²) >= 11 is 0. The SMILES string of the molecule is CC1(C)OB(c2ccc(OC3CCN(C[C@@H](O)C(F)(F)F)CC3)cc2)OC1(C)C. The highest BCUT2D eigenvalue weighted by Gasteiger charge is 2.51. The first-order chi connectivity index (χ1) is 13.4. The minimum atomic E-state index is -4.58. The summed E-state index contributed by atoms with van der Waals surface area (Å²) in [7, 11) is -0.433. The Morgan fingerprint density at radius 3 is 2.10 bits per heavy atom. The van der Waals surface area contributed by atoms with E-state index in [1.165, 1.54) is 0 Å². The third kappa shape index (κ3) is 5.26. The van der Waals surface area contributed by atoms with Crippen LogP contribution >= 0.6 is 0 Å². The fourth-order valence-corrected chi connectivity index (χ4v) is 3.43. The van der Waals surface area contributed by atoms with Crippen molar-refractivity contribution in [2.24, 2.45) is 0 Å². The third-order valence-corrected chi connectivity index (χ3v) is 6.05. The Bertz CT molecular complexity index is 672. The Morgan fingerprint density at radius 2 is 1.62 bits per heavy atom. The van der Waals surface area contributed by atoms with Gasteiger partial charge in [-0.3, -0.25) is 0 Å². The van der Waals surface area contributed by atoms with Crippen LogP contribution in [0.4, 0.5) is 13.2 Å². The number of piperidine rings is 1. The maximum atomic E-state index is 12.5. The third-order valence-electron chi connectivity index (χ3n) is 6.05. The van der Waals surface area contributed by atoms with Gasteiger partial charge in [-0.05, 0) is 58.1 Å². The molecular weight excluding hydrogens is 386 g/mol. The van der Waals surface area contributed by atoms with Crippen molar-refractivity contribution in [2.45, 2.75) is 70.1 Å². The van der Waals surface area contributed by atoms with Gasteiger partial charge in [-0.15, -0.1) is 0 Å². The van der Waals surface area contributed by atoms with E-state index in [9.17, 15) is 18.3 Å². The molecule has 0 amide bonds. The van der Waals surface area contributed by atoms with E-state index in [0.717, 1.165) is 5.46 Å². The van der Waals surface area contributed by atoms with E-state index in [1.54, 1.807) is 4.90 Å². The van der Waals surface area contributed by atoms with Crippen molar-refractivity contribution in [2.75, 3.05) is 19.6 Å². The average Bonchev–Trinajstić information content (AvgIpc) is 2.84. The fourth-order valence-electron chi connectivity index (χ4n) is 3.43. The van der Waals surface area contributed by atoms with E-state index in [4.69, 9.17) is 14.0 Å². The zero-order valence-corrected chi connectivity index (χ0v) is 17.3. The van der Waals surface area contributed by atoms with Crippen LogP contribution in [0.3, 0.4) is 0 Å². The molecule has 2 aliphatic heterocycles. The second-order valence-electron chi connectivity index (χ2n) is 8.83. The first-order valence-corrected chi connectivity index (χ1v) is 9.97. The number of aliphatic hydroxyl groups is 1. The van der Waals surface area contributed by atoms with Crippen molar-refractivity contribution >= 4 is 12.6 Å². The predicted molar refractivity (Wildman–Crippen MR) is 104 cm³/mol. The summed E-state index contributed by atoms with van der Waals surface area (Å²) in [5, 5.41) is 9.20. The predicted octanol–water partition coefficient (Wildman–Crippen LogP) is 2.75. The molecule has 1 N–H and O–H groups in total. The molecule has 2 fully saturated rings. The minimum Gasteiger partial charge on any atom is -0.490 e. The quantitative estimate of drug-likeness (QED) is 0.750. The topological polar surface area (TPSA) is 51.2 Å². The van der Waals surface area contributed by atoms with Crippen LogP contribution in [0, 0.1) is 0 Å². The molecular formula is C20H29BF3NO4. The van der Waals surface area contributed by atoms with Gasteiger partial charge in [0.15, 0.2) is 6.10 Å². The molecule has 29 heavy (non-hydrogen) atoms. The molecule has 162 valence electrons. The van der Waals surface area contributed by atoms with Crippen LogP contribution in [0.2, 0.25) is 0 Å². The summed E-state index contributed by atoms with van der Waals surface area (Å²) < 4.78 is 55.5. The second-order valence-corrected chi connectivity index (χ2v) is 8.83. The first kappa shape index (κ1) is 22.4. The lowest BCUT2D eigenvalue weighted by atomic mass is 9.79. The van der Waals surface area contributed by atoms with Gasteiger partial charge in [0.05, 0.1) is 11.2 Å². The number of likely N-dealkylation sites (tertiary alicyclic amines) is 1. The van der Waals surface area contributed by atoms with Crippen LogP contribution in [0.5, 0.6) is 5.75 Å². The van der Waals surface area contributed by atoms with Crippen molar-refractivity contribution < 1.29 is 32.3 Å². The van der Waals surface area contributed by atoms with Crippen LogP contribution in [0.1, 0.15) is 40.5 Å². The summed E-state index contributed by atoms with van der Waals surface area (Å²) in [4.78, 5) is 1.62. The molecule has 0 radical (unpaired) electrons. The largest absolute Gasteiger partial charge is 0.494 e. The molecule has 3 rings (SSSR count). The maximum absolute atomic E-state index is 12.5. The van der Waals surface area contributed by atoms with E-state index >= 15 is 0 Å². The Labute approximate surface area is 170 Å². The van der Waals surface area contributed by atoms with E-state index in [-0.39, 0.29) is 12.6 Å². The number of ether oxygens (including phenoxy) is 1. The van der Waals surface area contributed by atoms with Gasteiger partial charge in [0.2, 0.25) is 0 Å². The highest BCUT2D eigenvalue weighted by Crippen LogP contribution is 2.36. The number of hydrogen-bond donors (Lipinski definition) is 1. The zero-order chi connectivity index (χ0) is 21.4. The Balaban J connectivity index is 1.49. The minimum absolute atomic E-state index is 0.0584.